The monoisotopic (exact) mass is 801 g/mol. The first kappa shape index (κ1) is 41.4. The number of hydrogen-bond donors (Lipinski definition) is 1. The first-order chi connectivity index (χ1) is 27.7. The summed E-state index contributed by atoms with van der Waals surface area (Å²) < 4.78 is 55.2. The van der Waals surface area contributed by atoms with Crippen molar-refractivity contribution in [1.29, 1.82) is 0 Å². The fourth-order valence-electron chi connectivity index (χ4n) is 7.23. The van der Waals surface area contributed by atoms with Gasteiger partial charge in [-0.15, -0.1) is 0 Å². The number of hydrogen-bond acceptors (Lipinski definition) is 11. The Bertz CT molecular complexity index is 2110. The summed E-state index contributed by atoms with van der Waals surface area (Å²) in [5.41, 5.74) is 2.10. The van der Waals surface area contributed by atoms with E-state index in [0.717, 1.165) is 17.0 Å². The van der Waals surface area contributed by atoms with Crippen LogP contribution >= 0.6 is 0 Å². The molecule has 58 heavy (non-hydrogen) atoms. The molecule has 306 valence electrons. The topological polar surface area (TPSA) is 144 Å². The molecule has 2 amide bonds. The fourth-order valence-corrected chi connectivity index (χ4v) is 7.23. The number of halogens is 2. The Morgan fingerprint density at radius 3 is 1.66 bits per heavy atom. The summed E-state index contributed by atoms with van der Waals surface area (Å²) >= 11 is 0. The molecule has 3 aliphatic rings. The number of rotatable bonds is 11. The number of phenolic OH excluding ortho intramolecular Hbond substituents is 1. The number of esters is 2. The standard InChI is InChI=1S/C30H31FN2O5.C13H14FNO5/c1-4-36-29(35)20(2)33-24-16-25(23(31)15-26(24)37-17-27(33)34)38-30(3)18-32(19-30)28(21-11-7-5-8-12-21)22-13-9-6-10-14-22;1-3-19-13(18)7(2)15-9-5-10(16)8(14)4-11(9)20-6-12(15)17/h5-16,20,28H,4,17-19H2,1-3H3;4-5,7,16H,3,6H2,1-2H3. The van der Waals surface area contributed by atoms with Crippen LogP contribution < -0.4 is 24.0 Å². The van der Waals surface area contributed by atoms with E-state index < -0.39 is 58.8 Å². The van der Waals surface area contributed by atoms with E-state index in [1.807, 2.05) is 43.3 Å². The lowest BCUT2D eigenvalue weighted by molar-refractivity contribution is -0.146. The molecule has 2 atom stereocenters. The maximum absolute atomic E-state index is 15.1. The predicted octanol–water partition coefficient (Wildman–Crippen LogP) is 5.95. The molecule has 0 saturated carbocycles. The Labute approximate surface area is 334 Å². The fraction of sp³-hybridized carbons (Fsp3) is 0.349. The lowest BCUT2D eigenvalue weighted by Gasteiger charge is -2.51. The van der Waals surface area contributed by atoms with Gasteiger partial charge in [0.25, 0.3) is 11.8 Å². The van der Waals surface area contributed by atoms with Crippen LogP contribution in [0, 0.1) is 11.6 Å². The molecule has 0 aromatic heterocycles. The Kier molecular flexibility index (Phi) is 12.5. The van der Waals surface area contributed by atoms with Crippen molar-refractivity contribution in [3.63, 3.8) is 0 Å². The van der Waals surface area contributed by atoms with Crippen LogP contribution in [0.2, 0.25) is 0 Å². The van der Waals surface area contributed by atoms with Crippen LogP contribution in [0.3, 0.4) is 0 Å². The minimum Gasteiger partial charge on any atom is -0.505 e. The minimum absolute atomic E-state index is 0.00114. The van der Waals surface area contributed by atoms with Gasteiger partial charge in [-0.2, -0.15) is 0 Å². The average molecular weight is 802 g/mol. The van der Waals surface area contributed by atoms with E-state index in [0.29, 0.717) is 13.1 Å². The molecular weight excluding hydrogens is 756 g/mol. The second kappa shape index (κ2) is 17.5. The Balaban J connectivity index is 0.000000239. The van der Waals surface area contributed by atoms with Crippen molar-refractivity contribution in [1.82, 2.24) is 4.90 Å². The van der Waals surface area contributed by atoms with Crippen molar-refractivity contribution < 1.29 is 56.7 Å². The Morgan fingerprint density at radius 2 is 1.19 bits per heavy atom. The van der Waals surface area contributed by atoms with Crippen molar-refractivity contribution in [3.05, 3.63) is 108 Å². The zero-order valence-electron chi connectivity index (χ0n) is 32.8. The second-order valence-electron chi connectivity index (χ2n) is 14.2. The second-order valence-corrected chi connectivity index (χ2v) is 14.2. The Hall–Kier alpha value is -6.22. The lowest BCUT2D eigenvalue weighted by Crippen LogP contribution is -2.64. The zero-order valence-corrected chi connectivity index (χ0v) is 32.8. The molecule has 15 heteroatoms. The third-order valence-electron chi connectivity index (χ3n) is 9.86. The number of carbonyl (C=O) groups excluding carboxylic acids is 4. The molecule has 3 aliphatic heterocycles. The largest absolute Gasteiger partial charge is 0.505 e. The van der Waals surface area contributed by atoms with Gasteiger partial charge < -0.3 is 28.8 Å². The van der Waals surface area contributed by atoms with Crippen LogP contribution in [0.1, 0.15) is 51.8 Å². The number of fused-ring (bicyclic) bond motifs is 2. The van der Waals surface area contributed by atoms with Gasteiger partial charge in [0.15, 0.2) is 36.3 Å². The normalized spacial score (nSPS) is 16.6. The van der Waals surface area contributed by atoms with Crippen molar-refractivity contribution in [2.24, 2.45) is 0 Å². The number of benzene rings is 4. The highest BCUT2D eigenvalue weighted by Crippen LogP contribution is 2.43. The summed E-state index contributed by atoms with van der Waals surface area (Å²) in [4.78, 5) is 53.5. The highest BCUT2D eigenvalue weighted by atomic mass is 19.1. The zero-order chi connectivity index (χ0) is 41.7. The minimum atomic E-state index is -0.894. The molecule has 4 aromatic rings. The molecule has 2 unspecified atom stereocenters. The van der Waals surface area contributed by atoms with Crippen LogP contribution in [-0.2, 0) is 28.7 Å². The van der Waals surface area contributed by atoms with Gasteiger partial charge in [0.05, 0.1) is 30.6 Å². The first-order valence-electron chi connectivity index (χ1n) is 18.9. The van der Waals surface area contributed by atoms with Crippen LogP contribution in [0.15, 0.2) is 84.9 Å². The number of carbonyl (C=O) groups is 4. The summed E-state index contributed by atoms with van der Waals surface area (Å²) in [5, 5.41) is 9.42. The van der Waals surface area contributed by atoms with Gasteiger partial charge in [-0.3, -0.25) is 24.3 Å². The van der Waals surface area contributed by atoms with E-state index in [9.17, 15) is 28.7 Å². The maximum atomic E-state index is 15.1. The molecule has 0 bridgehead atoms. The summed E-state index contributed by atoms with van der Waals surface area (Å²) in [6, 6.07) is 23.4. The van der Waals surface area contributed by atoms with Crippen molar-refractivity contribution >= 4 is 35.1 Å². The lowest BCUT2D eigenvalue weighted by atomic mass is 9.88. The van der Waals surface area contributed by atoms with Gasteiger partial charge in [0, 0.05) is 37.4 Å². The smallest absolute Gasteiger partial charge is 0.328 e. The molecule has 1 fully saturated rings. The molecule has 7 rings (SSSR count). The van der Waals surface area contributed by atoms with Crippen molar-refractivity contribution in [2.45, 2.75) is 58.3 Å². The van der Waals surface area contributed by atoms with E-state index in [-0.39, 0.29) is 61.1 Å². The molecule has 1 N–H and O–H groups in total. The number of amides is 2. The summed E-state index contributed by atoms with van der Waals surface area (Å²) in [6.07, 6.45) is 0. The average Bonchev–Trinajstić information content (AvgIpc) is 3.19. The molecule has 0 radical (unpaired) electrons. The van der Waals surface area contributed by atoms with Crippen LogP contribution in [0.5, 0.6) is 23.0 Å². The predicted molar refractivity (Wildman–Crippen MR) is 208 cm³/mol. The van der Waals surface area contributed by atoms with E-state index in [1.165, 1.54) is 35.1 Å². The van der Waals surface area contributed by atoms with E-state index >= 15 is 4.39 Å². The third-order valence-corrected chi connectivity index (χ3v) is 9.86. The number of aromatic hydroxyl groups is 1. The van der Waals surface area contributed by atoms with Gasteiger partial charge in [-0.25, -0.2) is 18.4 Å². The van der Waals surface area contributed by atoms with E-state index in [2.05, 4.69) is 29.2 Å². The number of phenols is 1. The van der Waals surface area contributed by atoms with Crippen molar-refractivity contribution in [3.8, 4) is 23.0 Å². The molecule has 0 aliphatic carbocycles. The molecule has 13 nitrogen and oxygen atoms in total. The number of anilines is 2. The molecule has 4 aromatic carbocycles. The number of likely N-dealkylation sites (tertiary alicyclic amines) is 1. The van der Waals surface area contributed by atoms with Gasteiger partial charge >= 0.3 is 11.9 Å². The maximum Gasteiger partial charge on any atom is 0.328 e. The van der Waals surface area contributed by atoms with Gasteiger partial charge in [0.2, 0.25) is 0 Å². The highest BCUT2D eigenvalue weighted by molar-refractivity contribution is 6.03. The highest BCUT2D eigenvalue weighted by Gasteiger charge is 2.46. The third kappa shape index (κ3) is 8.69. The summed E-state index contributed by atoms with van der Waals surface area (Å²) in [5.74, 6) is -3.81. The molecule has 0 spiro atoms. The SMILES string of the molecule is CCOC(=O)C(C)N1C(=O)COc2cc(F)c(O)cc21.CCOC(=O)C(C)N1C(=O)COc2cc(F)c(OC3(C)CN(C(c4ccccc4)c4ccccc4)C3)cc21. The summed E-state index contributed by atoms with van der Waals surface area (Å²) in [7, 11) is 0. The number of nitrogens with zero attached hydrogens (tertiary/aromatic N) is 3. The number of ether oxygens (including phenoxy) is 5. The van der Waals surface area contributed by atoms with Gasteiger partial charge in [-0.05, 0) is 45.7 Å². The van der Waals surface area contributed by atoms with Gasteiger partial charge in [-0.1, -0.05) is 60.7 Å². The molecular formula is C43H45F2N3O10. The Morgan fingerprint density at radius 1 is 0.741 bits per heavy atom. The van der Waals surface area contributed by atoms with Crippen LogP contribution in [0.4, 0.5) is 20.2 Å². The quantitative estimate of drug-likeness (QED) is 0.180. The van der Waals surface area contributed by atoms with E-state index in [1.54, 1.807) is 20.8 Å². The van der Waals surface area contributed by atoms with Crippen molar-refractivity contribution in [2.75, 3.05) is 49.3 Å². The van der Waals surface area contributed by atoms with Gasteiger partial charge in [0.1, 0.15) is 29.2 Å². The van der Waals surface area contributed by atoms with Crippen LogP contribution in [0.25, 0.3) is 0 Å². The summed E-state index contributed by atoms with van der Waals surface area (Å²) in [6.45, 7) is 9.27. The molecule has 1 saturated heterocycles. The molecule has 3 heterocycles. The van der Waals surface area contributed by atoms with Crippen LogP contribution in [-0.4, -0.2) is 91.0 Å². The first-order valence-corrected chi connectivity index (χ1v) is 18.9. The van der Waals surface area contributed by atoms with E-state index in [4.69, 9.17) is 23.7 Å².